The summed E-state index contributed by atoms with van der Waals surface area (Å²) in [6.07, 6.45) is 2.80. The standard InChI is InChI=1S/C13H22O5/c1-4-7-8-10(9-14)11(12(15)17-5-2)13(16)18-6-3/h9-11H,4-8H2,1-3H3/t10-/m0/s1. The lowest BCUT2D eigenvalue weighted by molar-refractivity contribution is -0.165. The summed E-state index contributed by atoms with van der Waals surface area (Å²) in [4.78, 5) is 34.5. The van der Waals surface area contributed by atoms with Crippen LogP contribution in [0.5, 0.6) is 0 Å². The summed E-state index contributed by atoms with van der Waals surface area (Å²) in [5, 5.41) is 0. The van der Waals surface area contributed by atoms with Crippen molar-refractivity contribution in [2.75, 3.05) is 13.2 Å². The quantitative estimate of drug-likeness (QED) is 0.358. The van der Waals surface area contributed by atoms with Gasteiger partial charge in [-0.25, -0.2) is 0 Å². The Kier molecular flexibility index (Phi) is 8.88. The molecule has 0 heterocycles. The van der Waals surface area contributed by atoms with Crippen molar-refractivity contribution in [3.05, 3.63) is 0 Å². The Labute approximate surface area is 108 Å². The van der Waals surface area contributed by atoms with Crippen LogP contribution in [0.1, 0.15) is 40.0 Å². The van der Waals surface area contributed by atoms with Crippen LogP contribution in [0.15, 0.2) is 0 Å². The Morgan fingerprint density at radius 2 is 1.56 bits per heavy atom. The number of hydrogen-bond donors (Lipinski definition) is 0. The van der Waals surface area contributed by atoms with E-state index < -0.39 is 23.8 Å². The van der Waals surface area contributed by atoms with Crippen molar-refractivity contribution < 1.29 is 23.9 Å². The number of esters is 2. The van der Waals surface area contributed by atoms with Gasteiger partial charge >= 0.3 is 11.9 Å². The molecule has 0 radical (unpaired) electrons. The second-order valence-electron chi connectivity index (χ2n) is 3.92. The zero-order valence-corrected chi connectivity index (χ0v) is 11.3. The molecule has 0 fully saturated rings. The van der Waals surface area contributed by atoms with Crippen LogP contribution < -0.4 is 0 Å². The van der Waals surface area contributed by atoms with E-state index in [1.165, 1.54) is 0 Å². The Balaban J connectivity index is 4.85. The van der Waals surface area contributed by atoms with E-state index in [4.69, 9.17) is 9.47 Å². The molecule has 0 bridgehead atoms. The Morgan fingerprint density at radius 3 is 1.89 bits per heavy atom. The fourth-order valence-electron chi connectivity index (χ4n) is 1.66. The van der Waals surface area contributed by atoms with Crippen LogP contribution >= 0.6 is 0 Å². The topological polar surface area (TPSA) is 69.7 Å². The normalized spacial score (nSPS) is 12.0. The van der Waals surface area contributed by atoms with Crippen LogP contribution in [0.4, 0.5) is 0 Å². The number of rotatable bonds is 9. The molecule has 18 heavy (non-hydrogen) atoms. The van der Waals surface area contributed by atoms with Gasteiger partial charge < -0.3 is 14.3 Å². The third kappa shape index (κ3) is 5.29. The van der Waals surface area contributed by atoms with Crippen molar-refractivity contribution in [2.24, 2.45) is 11.8 Å². The number of unbranched alkanes of at least 4 members (excludes halogenated alkanes) is 1. The highest BCUT2D eigenvalue weighted by molar-refractivity contribution is 5.97. The molecule has 0 saturated heterocycles. The lowest BCUT2D eigenvalue weighted by Crippen LogP contribution is -2.35. The summed E-state index contributed by atoms with van der Waals surface area (Å²) in [5.41, 5.74) is 0. The third-order valence-corrected chi connectivity index (χ3v) is 2.58. The number of aldehydes is 1. The van der Waals surface area contributed by atoms with Crippen LogP contribution in [0, 0.1) is 11.8 Å². The molecule has 5 heteroatoms. The molecule has 0 amide bonds. The molecule has 104 valence electrons. The summed E-state index contributed by atoms with van der Waals surface area (Å²) in [7, 11) is 0. The van der Waals surface area contributed by atoms with E-state index in [1.807, 2.05) is 6.92 Å². The highest BCUT2D eigenvalue weighted by atomic mass is 16.6. The van der Waals surface area contributed by atoms with Crippen molar-refractivity contribution in [2.45, 2.75) is 40.0 Å². The van der Waals surface area contributed by atoms with E-state index in [1.54, 1.807) is 13.8 Å². The van der Waals surface area contributed by atoms with Gasteiger partial charge in [-0.15, -0.1) is 0 Å². The molecule has 0 saturated carbocycles. The van der Waals surface area contributed by atoms with Crippen molar-refractivity contribution in [1.82, 2.24) is 0 Å². The van der Waals surface area contributed by atoms with Gasteiger partial charge in [-0.1, -0.05) is 19.8 Å². The highest BCUT2D eigenvalue weighted by Crippen LogP contribution is 2.20. The minimum absolute atomic E-state index is 0.175. The SMILES string of the molecule is CCCC[C@@H](C=O)C(C(=O)OCC)C(=O)OCC. The number of carbonyl (C=O) groups is 3. The third-order valence-electron chi connectivity index (χ3n) is 2.58. The van der Waals surface area contributed by atoms with Crippen molar-refractivity contribution in [1.29, 1.82) is 0 Å². The van der Waals surface area contributed by atoms with Gasteiger partial charge in [0.2, 0.25) is 0 Å². The molecule has 1 atom stereocenters. The van der Waals surface area contributed by atoms with Gasteiger partial charge in [0.25, 0.3) is 0 Å². The smallest absolute Gasteiger partial charge is 0.321 e. The Morgan fingerprint density at radius 1 is 1.06 bits per heavy atom. The maximum absolute atomic E-state index is 11.7. The van der Waals surface area contributed by atoms with E-state index >= 15 is 0 Å². The van der Waals surface area contributed by atoms with E-state index in [2.05, 4.69) is 0 Å². The maximum Gasteiger partial charge on any atom is 0.321 e. The summed E-state index contributed by atoms with van der Waals surface area (Å²) < 4.78 is 9.67. The molecule has 0 aliphatic carbocycles. The molecule has 5 nitrogen and oxygen atoms in total. The van der Waals surface area contributed by atoms with Crippen LogP contribution in [0.3, 0.4) is 0 Å². The first-order chi connectivity index (χ1) is 8.62. The molecular weight excluding hydrogens is 236 g/mol. The first-order valence-corrected chi connectivity index (χ1v) is 6.40. The molecule has 0 unspecified atom stereocenters. The van der Waals surface area contributed by atoms with E-state index in [0.29, 0.717) is 12.7 Å². The van der Waals surface area contributed by atoms with E-state index in [-0.39, 0.29) is 13.2 Å². The first-order valence-electron chi connectivity index (χ1n) is 6.40. The minimum Gasteiger partial charge on any atom is -0.465 e. The number of carbonyl (C=O) groups excluding carboxylic acids is 3. The van der Waals surface area contributed by atoms with Gasteiger partial charge in [-0.05, 0) is 20.3 Å². The fourth-order valence-corrected chi connectivity index (χ4v) is 1.66. The zero-order chi connectivity index (χ0) is 14.0. The zero-order valence-electron chi connectivity index (χ0n) is 11.3. The average molecular weight is 258 g/mol. The summed E-state index contributed by atoms with van der Waals surface area (Å²) >= 11 is 0. The lowest BCUT2D eigenvalue weighted by atomic mass is 9.89. The van der Waals surface area contributed by atoms with Crippen LogP contribution in [-0.2, 0) is 23.9 Å². The number of hydrogen-bond acceptors (Lipinski definition) is 5. The monoisotopic (exact) mass is 258 g/mol. The highest BCUT2D eigenvalue weighted by Gasteiger charge is 2.36. The van der Waals surface area contributed by atoms with Crippen molar-refractivity contribution in [3.63, 3.8) is 0 Å². The second kappa shape index (κ2) is 9.62. The maximum atomic E-state index is 11.7. The predicted octanol–water partition coefficient (Wildman–Crippen LogP) is 1.73. The fraction of sp³-hybridized carbons (Fsp3) is 0.769. The molecule has 0 spiro atoms. The molecule has 0 aromatic rings. The second-order valence-corrected chi connectivity index (χ2v) is 3.92. The Bertz CT molecular complexity index is 257. The van der Waals surface area contributed by atoms with Crippen LogP contribution in [0.2, 0.25) is 0 Å². The molecule has 0 aliphatic rings. The predicted molar refractivity (Wildman–Crippen MR) is 65.8 cm³/mol. The lowest BCUT2D eigenvalue weighted by Gasteiger charge is -2.19. The molecule has 0 rings (SSSR count). The van der Waals surface area contributed by atoms with Gasteiger partial charge in [-0.3, -0.25) is 9.59 Å². The van der Waals surface area contributed by atoms with Gasteiger partial charge in [0.15, 0.2) is 5.92 Å². The molecular formula is C13H22O5. The molecule has 0 aromatic heterocycles. The van der Waals surface area contributed by atoms with Crippen LogP contribution in [0.25, 0.3) is 0 Å². The summed E-state index contributed by atoms with van der Waals surface area (Å²) in [5.74, 6) is -3.15. The van der Waals surface area contributed by atoms with Crippen molar-refractivity contribution in [3.8, 4) is 0 Å². The summed E-state index contributed by atoms with van der Waals surface area (Å²) in [6, 6.07) is 0. The largest absolute Gasteiger partial charge is 0.465 e. The summed E-state index contributed by atoms with van der Waals surface area (Å²) in [6.45, 7) is 5.64. The van der Waals surface area contributed by atoms with Crippen LogP contribution in [-0.4, -0.2) is 31.4 Å². The number of ether oxygens (including phenoxy) is 2. The first kappa shape index (κ1) is 16.6. The molecule has 0 aliphatic heterocycles. The van der Waals surface area contributed by atoms with Gasteiger partial charge in [0, 0.05) is 5.92 Å². The molecule has 0 aromatic carbocycles. The van der Waals surface area contributed by atoms with Gasteiger partial charge in [-0.2, -0.15) is 0 Å². The van der Waals surface area contributed by atoms with Crippen molar-refractivity contribution >= 4 is 18.2 Å². The Hall–Kier alpha value is -1.39. The van der Waals surface area contributed by atoms with Gasteiger partial charge in [0.1, 0.15) is 6.29 Å². The molecule has 0 N–H and O–H groups in total. The van der Waals surface area contributed by atoms with Gasteiger partial charge in [0.05, 0.1) is 13.2 Å². The average Bonchev–Trinajstić information content (AvgIpc) is 2.34. The van der Waals surface area contributed by atoms with E-state index in [9.17, 15) is 14.4 Å². The van der Waals surface area contributed by atoms with E-state index in [0.717, 1.165) is 12.8 Å². The minimum atomic E-state index is -1.13.